The van der Waals surface area contributed by atoms with Crippen LogP contribution < -0.4 is 10.2 Å². The van der Waals surface area contributed by atoms with Gasteiger partial charge in [-0.25, -0.2) is 4.98 Å². The molecule has 162 valence electrons. The zero-order valence-electron chi connectivity index (χ0n) is 18.5. The van der Waals surface area contributed by atoms with Crippen LogP contribution in [0.2, 0.25) is 0 Å². The lowest BCUT2D eigenvalue weighted by Gasteiger charge is -2.29. The second-order valence-corrected chi connectivity index (χ2v) is 8.70. The number of carbonyl (C=O) groups excluding carboxylic acids is 1. The molecule has 3 heterocycles. The summed E-state index contributed by atoms with van der Waals surface area (Å²) in [4.78, 5) is 26.6. The first-order valence-corrected chi connectivity index (χ1v) is 11.2. The van der Waals surface area contributed by atoms with Crippen LogP contribution in [0.25, 0.3) is 0 Å². The number of aromatic nitrogens is 4. The second-order valence-electron chi connectivity index (χ2n) is 8.70. The maximum atomic E-state index is 12.9. The summed E-state index contributed by atoms with van der Waals surface area (Å²) in [6, 6.07) is 1.86. The molecule has 2 N–H and O–H groups in total. The van der Waals surface area contributed by atoms with Gasteiger partial charge in [-0.2, -0.15) is 10.1 Å². The maximum absolute atomic E-state index is 12.9. The Hall–Kier alpha value is -2.64. The summed E-state index contributed by atoms with van der Waals surface area (Å²) in [5, 5.41) is 10.9. The number of hydrogen-bond donors (Lipinski definition) is 2. The molecule has 0 saturated carbocycles. The Morgan fingerprint density at radius 2 is 2.10 bits per heavy atom. The third kappa shape index (κ3) is 4.00. The van der Waals surface area contributed by atoms with Gasteiger partial charge in [0.2, 0.25) is 11.9 Å². The molecule has 1 aliphatic heterocycles. The predicted molar refractivity (Wildman–Crippen MR) is 118 cm³/mol. The summed E-state index contributed by atoms with van der Waals surface area (Å²) in [5.74, 6) is 2.81. The van der Waals surface area contributed by atoms with E-state index in [1.54, 1.807) is 4.90 Å². The van der Waals surface area contributed by atoms with E-state index in [2.05, 4.69) is 34.3 Å². The zero-order chi connectivity index (χ0) is 21.3. The lowest BCUT2D eigenvalue weighted by Crippen LogP contribution is -2.45. The van der Waals surface area contributed by atoms with Gasteiger partial charge < -0.3 is 15.1 Å². The highest BCUT2D eigenvalue weighted by atomic mass is 16.2. The van der Waals surface area contributed by atoms with Crippen LogP contribution in [0.15, 0.2) is 6.07 Å². The van der Waals surface area contributed by atoms with E-state index in [0.717, 1.165) is 68.1 Å². The summed E-state index contributed by atoms with van der Waals surface area (Å²) < 4.78 is 0. The number of H-pyrrole nitrogens is 1. The molecule has 0 radical (unpaired) electrons. The van der Waals surface area contributed by atoms with Gasteiger partial charge in [-0.1, -0.05) is 13.8 Å². The Bertz CT molecular complexity index is 907. The van der Waals surface area contributed by atoms with Crippen molar-refractivity contribution < 1.29 is 4.79 Å². The topological polar surface area (TPSA) is 90.0 Å². The number of nitrogens with one attached hydrogen (secondary N) is 2. The van der Waals surface area contributed by atoms with Crippen LogP contribution in [0.5, 0.6) is 0 Å². The van der Waals surface area contributed by atoms with E-state index in [0.29, 0.717) is 18.4 Å². The predicted octanol–water partition coefficient (Wildman–Crippen LogP) is 3.39. The van der Waals surface area contributed by atoms with Gasteiger partial charge in [0.05, 0.1) is 5.69 Å². The number of carbonyl (C=O) groups is 1. The summed E-state index contributed by atoms with van der Waals surface area (Å²) >= 11 is 0. The molecule has 0 aromatic carbocycles. The standard InChI is InChI=1S/C22H33N7O/c1-5-28(4)21(30)18-11-8-12-29(18)22-23-16-10-7-6-9-15(16)20(25-22)24-19-13-17(14(2)3)26-27-19/h13-14,18H,5-12H2,1-4H3,(H2,23,24,25,26,27). The van der Waals surface area contributed by atoms with Gasteiger partial charge in [0.1, 0.15) is 11.9 Å². The minimum Gasteiger partial charge on any atom is -0.344 e. The van der Waals surface area contributed by atoms with Gasteiger partial charge >= 0.3 is 0 Å². The van der Waals surface area contributed by atoms with Gasteiger partial charge in [-0.3, -0.25) is 9.89 Å². The number of aryl methyl sites for hydroxylation is 1. The number of hydrogen-bond acceptors (Lipinski definition) is 6. The van der Waals surface area contributed by atoms with Crippen LogP contribution in [-0.2, 0) is 17.6 Å². The molecule has 1 unspecified atom stereocenters. The smallest absolute Gasteiger partial charge is 0.245 e. The minimum atomic E-state index is -0.178. The zero-order valence-corrected chi connectivity index (χ0v) is 18.5. The van der Waals surface area contributed by atoms with Crippen molar-refractivity contribution in [2.75, 3.05) is 30.4 Å². The van der Waals surface area contributed by atoms with Crippen molar-refractivity contribution in [3.63, 3.8) is 0 Å². The van der Waals surface area contributed by atoms with E-state index in [1.807, 2.05) is 20.0 Å². The first-order valence-electron chi connectivity index (χ1n) is 11.2. The molecule has 1 aliphatic carbocycles. The Labute approximate surface area is 178 Å². The van der Waals surface area contributed by atoms with Crippen molar-refractivity contribution in [2.45, 2.75) is 71.3 Å². The van der Waals surface area contributed by atoms with Crippen molar-refractivity contribution in [1.82, 2.24) is 25.1 Å². The van der Waals surface area contributed by atoms with E-state index in [4.69, 9.17) is 9.97 Å². The highest BCUT2D eigenvalue weighted by molar-refractivity contribution is 5.85. The van der Waals surface area contributed by atoms with Crippen LogP contribution in [0.4, 0.5) is 17.6 Å². The van der Waals surface area contributed by atoms with Gasteiger partial charge in [0.25, 0.3) is 0 Å². The molecule has 4 rings (SSSR count). The van der Waals surface area contributed by atoms with Crippen molar-refractivity contribution in [2.24, 2.45) is 0 Å². The summed E-state index contributed by atoms with van der Waals surface area (Å²) in [6.07, 6.45) is 6.05. The molecule has 1 amide bonds. The van der Waals surface area contributed by atoms with Crippen molar-refractivity contribution in [1.29, 1.82) is 0 Å². The highest BCUT2D eigenvalue weighted by Gasteiger charge is 2.35. The lowest BCUT2D eigenvalue weighted by molar-refractivity contribution is -0.130. The van der Waals surface area contributed by atoms with Gasteiger partial charge in [0, 0.05) is 37.5 Å². The minimum absolute atomic E-state index is 0.153. The second kappa shape index (κ2) is 8.62. The maximum Gasteiger partial charge on any atom is 0.245 e. The van der Waals surface area contributed by atoms with E-state index >= 15 is 0 Å². The first-order chi connectivity index (χ1) is 14.5. The quantitative estimate of drug-likeness (QED) is 0.757. The average Bonchev–Trinajstić information content (AvgIpc) is 3.42. The Morgan fingerprint density at radius 3 is 2.83 bits per heavy atom. The van der Waals surface area contributed by atoms with Crippen LogP contribution in [0.3, 0.4) is 0 Å². The Morgan fingerprint density at radius 1 is 1.30 bits per heavy atom. The van der Waals surface area contributed by atoms with E-state index < -0.39 is 0 Å². The number of likely N-dealkylation sites (N-methyl/N-ethyl adjacent to an activating group) is 1. The number of anilines is 3. The highest BCUT2D eigenvalue weighted by Crippen LogP contribution is 2.32. The lowest BCUT2D eigenvalue weighted by atomic mass is 9.96. The van der Waals surface area contributed by atoms with Gasteiger partial charge in [0.15, 0.2) is 5.82 Å². The summed E-state index contributed by atoms with van der Waals surface area (Å²) in [6.45, 7) is 7.80. The number of rotatable bonds is 6. The molecule has 8 nitrogen and oxygen atoms in total. The monoisotopic (exact) mass is 411 g/mol. The SMILES string of the molecule is CCN(C)C(=O)C1CCCN1c1nc2c(c(Nc3cc(C(C)C)[nH]n3)n1)CCCC2. The third-order valence-corrected chi connectivity index (χ3v) is 6.28. The number of nitrogens with zero attached hydrogens (tertiary/aromatic N) is 5. The summed E-state index contributed by atoms with van der Waals surface area (Å²) in [5.41, 5.74) is 3.38. The van der Waals surface area contributed by atoms with E-state index in [-0.39, 0.29) is 11.9 Å². The van der Waals surface area contributed by atoms with Gasteiger partial charge in [-0.15, -0.1) is 0 Å². The molecule has 2 aromatic rings. The molecule has 0 bridgehead atoms. The molecular formula is C22H33N7O. The molecule has 30 heavy (non-hydrogen) atoms. The fourth-order valence-electron chi connectivity index (χ4n) is 4.30. The average molecular weight is 412 g/mol. The largest absolute Gasteiger partial charge is 0.344 e. The number of aromatic amines is 1. The fraction of sp³-hybridized carbons (Fsp3) is 0.636. The molecule has 0 spiro atoms. The van der Waals surface area contributed by atoms with Crippen LogP contribution in [-0.4, -0.2) is 57.2 Å². The van der Waals surface area contributed by atoms with E-state index in [9.17, 15) is 4.79 Å². The van der Waals surface area contributed by atoms with Crippen LogP contribution in [0.1, 0.15) is 69.3 Å². The number of amides is 1. The van der Waals surface area contributed by atoms with Crippen molar-refractivity contribution >= 4 is 23.5 Å². The molecule has 2 aromatic heterocycles. The summed E-state index contributed by atoms with van der Waals surface area (Å²) in [7, 11) is 1.86. The molecule has 1 saturated heterocycles. The number of fused-ring (bicyclic) bond motifs is 1. The first kappa shape index (κ1) is 20.6. The molecular weight excluding hydrogens is 378 g/mol. The molecule has 8 heteroatoms. The van der Waals surface area contributed by atoms with Crippen LogP contribution in [0, 0.1) is 0 Å². The Kier molecular flexibility index (Phi) is 5.92. The van der Waals surface area contributed by atoms with Crippen molar-refractivity contribution in [3.05, 3.63) is 23.0 Å². The van der Waals surface area contributed by atoms with Crippen LogP contribution >= 0.6 is 0 Å². The van der Waals surface area contributed by atoms with Gasteiger partial charge in [-0.05, 0) is 51.4 Å². The fourth-order valence-corrected chi connectivity index (χ4v) is 4.30. The normalized spacial score (nSPS) is 18.6. The third-order valence-electron chi connectivity index (χ3n) is 6.28. The molecule has 1 fully saturated rings. The molecule has 2 aliphatic rings. The Balaban J connectivity index is 1.67. The molecule has 1 atom stereocenters. The van der Waals surface area contributed by atoms with Crippen molar-refractivity contribution in [3.8, 4) is 0 Å². The van der Waals surface area contributed by atoms with E-state index in [1.165, 1.54) is 5.56 Å².